The molecular formula is C27H26ClN3O2S3. The van der Waals surface area contributed by atoms with Crippen LogP contribution >= 0.6 is 46.9 Å². The van der Waals surface area contributed by atoms with Crippen LogP contribution in [-0.4, -0.2) is 32.6 Å². The lowest BCUT2D eigenvalue weighted by molar-refractivity contribution is -0.126. The number of nitrogens with one attached hydrogen (secondary N) is 1. The van der Waals surface area contributed by atoms with Crippen LogP contribution in [0.5, 0.6) is 0 Å². The van der Waals surface area contributed by atoms with Crippen molar-refractivity contribution in [3.05, 3.63) is 85.7 Å². The van der Waals surface area contributed by atoms with E-state index in [9.17, 15) is 9.59 Å². The highest BCUT2D eigenvalue weighted by Crippen LogP contribution is 2.33. The number of benzene rings is 2. The van der Waals surface area contributed by atoms with E-state index in [1.165, 1.54) is 33.6 Å². The predicted octanol–water partition coefficient (Wildman–Crippen LogP) is 6.83. The number of halogens is 1. The third-order valence-electron chi connectivity index (χ3n) is 5.66. The summed E-state index contributed by atoms with van der Waals surface area (Å²) >= 11 is 14.2. The standard InChI is InChI=1S/C27H26ClN3O2S3/c1-16-5-6-18(12-21(16)28)11-20-14-29-25(35-20)30-23(32)15-31-24(33)22(36-26(31)34)13-17-7-9-19(10-8-17)27(2,3)4/h5-10,12-14H,11,15H2,1-4H3,(H,29,30,32)/b22-13-. The van der Waals surface area contributed by atoms with Gasteiger partial charge in [-0.3, -0.25) is 14.5 Å². The molecule has 1 N–H and O–H groups in total. The van der Waals surface area contributed by atoms with Crippen molar-refractivity contribution in [2.24, 2.45) is 0 Å². The molecule has 1 aromatic heterocycles. The lowest BCUT2D eigenvalue weighted by Crippen LogP contribution is -2.36. The van der Waals surface area contributed by atoms with Crippen LogP contribution in [0.2, 0.25) is 5.02 Å². The van der Waals surface area contributed by atoms with Gasteiger partial charge >= 0.3 is 0 Å². The van der Waals surface area contributed by atoms with Crippen LogP contribution in [0.3, 0.4) is 0 Å². The molecule has 9 heteroatoms. The normalized spacial score (nSPS) is 15.1. The monoisotopic (exact) mass is 555 g/mol. The molecule has 3 aromatic rings. The summed E-state index contributed by atoms with van der Waals surface area (Å²) < 4.78 is 0.365. The average molecular weight is 556 g/mol. The number of thiazole rings is 1. The Balaban J connectivity index is 1.36. The third kappa shape index (κ3) is 6.42. The van der Waals surface area contributed by atoms with Gasteiger partial charge in [-0.25, -0.2) is 4.98 Å². The van der Waals surface area contributed by atoms with Gasteiger partial charge < -0.3 is 5.32 Å². The summed E-state index contributed by atoms with van der Waals surface area (Å²) in [4.78, 5) is 32.7. The van der Waals surface area contributed by atoms with Crippen LogP contribution < -0.4 is 5.32 Å². The summed E-state index contributed by atoms with van der Waals surface area (Å²) in [5.74, 6) is -0.613. The number of rotatable bonds is 6. The lowest BCUT2D eigenvalue weighted by Gasteiger charge is -2.18. The highest BCUT2D eigenvalue weighted by molar-refractivity contribution is 8.26. The van der Waals surface area contributed by atoms with Gasteiger partial charge in [0.25, 0.3) is 5.91 Å². The highest BCUT2D eigenvalue weighted by atomic mass is 35.5. The maximum Gasteiger partial charge on any atom is 0.266 e. The molecule has 1 fully saturated rings. The fraction of sp³-hybridized carbons (Fsp3) is 0.259. The van der Waals surface area contributed by atoms with Crippen LogP contribution in [0.15, 0.2) is 53.6 Å². The molecule has 0 saturated carbocycles. The minimum absolute atomic E-state index is 0.0574. The smallest absolute Gasteiger partial charge is 0.266 e. The van der Waals surface area contributed by atoms with E-state index < -0.39 is 0 Å². The van der Waals surface area contributed by atoms with E-state index in [1.54, 1.807) is 6.20 Å². The second-order valence-electron chi connectivity index (χ2n) is 9.58. The van der Waals surface area contributed by atoms with E-state index in [0.29, 0.717) is 20.8 Å². The van der Waals surface area contributed by atoms with Crippen LogP contribution in [0, 0.1) is 6.92 Å². The minimum atomic E-state index is -0.346. The first-order valence-electron chi connectivity index (χ1n) is 11.3. The number of hydrogen-bond acceptors (Lipinski definition) is 6. The Morgan fingerprint density at radius 1 is 1.19 bits per heavy atom. The van der Waals surface area contributed by atoms with Crippen molar-refractivity contribution in [2.45, 2.75) is 39.5 Å². The van der Waals surface area contributed by atoms with Crippen molar-refractivity contribution in [1.82, 2.24) is 9.88 Å². The van der Waals surface area contributed by atoms with Crippen molar-refractivity contribution in [1.29, 1.82) is 0 Å². The Morgan fingerprint density at radius 2 is 1.92 bits per heavy atom. The largest absolute Gasteiger partial charge is 0.300 e. The summed E-state index contributed by atoms with van der Waals surface area (Å²) in [6.07, 6.45) is 4.22. The maximum absolute atomic E-state index is 12.9. The number of carbonyl (C=O) groups is 2. The van der Waals surface area contributed by atoms with E-state index >= 15 is 0 Å². The molecule has 2 amide bonds. The van der Waals surface area contributed by atoms with E-state index in [-0.39, 0.29) is 23.8 Å². The fourth-order valence-corrected chi connectivity index (χ4v) is 5.89. The molecule has 0 aliphatic carbocycles. The number of aryl methyl sites for hydroxylation is 1. The molecule has 1 aliphatic heterocycles. The summed E-state index contributed by atoms with van der Waals surface area (Å²) in [6, 6.07) is 14.1. The summed E-state index contributed by atoms with van der Waals surface area (Å²) in [7, 11) is 0. The molecule has 1 aliphatic rings. The van der Waals surface area contributed by atoms with Crippen LogP contribution in [-0.2, 0) is 21.4 Å². The summed E-state index contributed by atoms with van der Waals surface area (Å²) in [5, 5.41) is 3.99. The molecule has 0 atom stereocenters. The van der Waals surface area contributed by atoms with Crippen molar-refractivity contribution in [2.75, 3.05) is 11.9 Å². The van der Waals surface area contributed by atoms with Gasteiger partial charge in [-0.05, 0) is 46.7 Å². The highest BCUT2D eigenvalue weighted by Gasteiger charge is 2.33. The molecule has 0 unspecified atom stereocenters. The summed E-state index contributed by atoms with van der Waals surface area (Å²) in [5.41, 5.74) is 4.29. The van der Waals surface area contributed by atoms with Gasteiger partial charge in [0.05, 0.1) is 4.91 Å². The number of thiocarbonyl (C=S) groups is 1. The Labute approximate surface area is 230 Å². The quantitative estimate of drug-likeness (QED) is 0.267. The van der Waals surface area contributed by atoms with Crippen molar-refractivity contribution < 1.29 is 9.59 Å². The summed E-state index contributed by atoms with van der Waals surface area (Å²) in [6.45, 7) is 8.28. The Bertz CT molecular complexity index is 1360. The molecule has 0 radical (unpaired) electrons. The van der Waals surface area contributed by atoms with Gasteiger partial charge in [0.15, 0.2) is 5.13 Å². The van der Waals surface area contributed by atoms with Gasteiger partial charge in [-0.15, -0.1) is 11.3 Å². The molecule has 2 heterocycles. The molecule has 4 rings (SSSR count). The zero-order valence-electron chi connectivity index (χ0n) is 20.4. The first-order chi connectivity index (χ1) is 17.0. The SMILES string of the molecule is Cc1ccc(Cc2cnc(NC(=O)CN3C(=O)/C(=C/c4ccc(C(C)(C)C)cc4)SC3=S)s2)cc1Cl. The molecule has 0 spiro atoms. The molecule has 36 heavy (non-hydrogen) atoms. The van der Waals surface area contributed by atoms with Gasteiger partial charge in [-0.2, -0.15) is 0 Å². The second kappa shape index (κ2) is 10.8. The molecule has 2 aromatic carbocycles. The van der Waals surface area contributed by atoms with Crippen LogP contribution in [0.1, 0.15) is 47.9 Å². The van der Waals surface area contributed by atoms with E-state index in [1.807, 2.05) is 43.3 Å². The number of aromatic nitrogens is 1. The topological polar surface area (TPSA) is 62.3 Å². The first kappa shape index (κ1) is 26.5. The minimum Gasteiger partial charge on any atom is -0.300 e. The Kier molecular flexibility index (Phi) is 7.99. The molecular weight excluding hydrogens is 530 g/mol. The zero-order valence-corrected chi connectivity index (χ0v) is 23.6. The van der Waals surface area contributed by atoms with Crippen molar-refractivity contribution in [3.63, 3.8) is 0 Å². The lowest BCUT2D eigenvalue weighted by atomic mass is 9.87. The number of nitrogens with zero attached hydrogens (tertiary/aromatic N) is 2. The van der Waals surface area contributed by atoms with Gasteiger partial charge in [0, 0.05) is 22.5 Å². The van der Waals surface area contributed by atoms with Crippen molar-refractivity contribution in [3.8, 4) is 0 Å². The van der Waals surface area contributed by atoms with Gasteiger partial charge in [0.1, 0.15) is 10.9 Å². The van der Waals surface area contributed by atoms with Crippen molar-refractivity contribution >= 4 is 74.3 Å². The Hall–Kier alpha value is -2.52. The van der Waals surface area contributed by atoms with E-state index in [2.05, 4.69) is 43.2 Å². The number of carbonyl (C=O) groups excluding carboxylic acids is 2. The molecule has 0 bridgehead atoms. The van der Waals surface area contributed by atoms with E-state index in [4.69, 9.17) is 23.8 Å². The number of thioether (sulfide) groups is 1. The molecule has 186 valence electrons. The fourth-order valence-electron chi connectivity index (χ4n) is 3.56. The van der Waals surface area contributed by atoms with Gasteiger partial charge in [-0.1, -0.05) is 92.8 Å². The third-order valence-corrected chi connectivity index (χ3v) is 8.36. The van der Waals surface area contributed by atoms with Crippen LogP contribution in [0.25, 0.3) is 6.08 Å². The number of amides is 2. The first-order valence-corrected chi connectivity index (χ1v) is 13.8. The number of anilines is 1. The average Bonchev–Trinajstić information content (AvgIpc) is 3.35. The van der Waals surface area contributed by atoms with E-state index in [0.717, 1.165) is 26.6 Å². The maximum atomic E-state index is 12.9. The van der Waals surface area contributed by atoms with Crippen LogP contribution in [0.4, 0.5) is 5.13 Å². The molecule has 1 saturated heterocycles. The number of hydrogen-bond donors (Lipinski definition) is 1. The zero-order chi connectivity index (χ0) is 26.0. The Morgan fingerprint density at radius 3 is 2.58 bits per heavy atom. The predicted molar refractivity (Wildman–Crippen MR) is 155 cm³/mol. The molecule has 5 nitrogen and oxygen atoms in total. The van der Waals surface area contributed by atoms with Gasteiger partial charge in [0.2, 0.25) is 5.91 Å². The second-order valence-corrected chi connectivity index (χ2v) is 12.8.